The van der Waals surface area contributed by atoms with Crippen molar-refractivity contribution in [1.82, 2.24) is 20.1 Å². The second-order valence-corrected chi connectivity index (χ2v) is 8.13. The Morgan fingerprint density at radius 2 is 1.88 bits per heavy atom. The van der Waals surface area contributed by atoms with Gasteiger partial charge in [-0.3, -0.25) is 4.79 Å². The van der Waals surface area contributed by atoms with E-state index in [1.807, 2.05) is 54.2 Å². The van der Waals surface area contributed by atoms with Crippen molar-refractivity contribution in [2.45, 2.75) is 13.3 Å². The van der Waals surface area contributed by atoms with Crippen molar-refractivity contribution in [2.75, 3.05) is 20.8 Å². The van der Waals surface area contributed by atoms with Crippen LogP contribution in [0.25, 0.3) is 16.3 Å². The van der Waals surface area contributed by atoms with Gasteiger partial charge in [0.1, 0.15) is 9.88 Å². The number of hydrogen-bond donors (Lipinski definition) is 1. The van der Waals surface area contributed by atoms with E-state index in [1.165, 1.54) is 11.3 Å². The van der Waals surface area contributed by atoms with Crippen LogP contribution >= 0.6 is 11.3 Å². The molecule has 7 nitrogen and oxygen atoms in total. The molecule has 2 aromatic carbocycles. The number of thiazole rings is 1. The highest BCUT2D eigenvalue weighted by Gasteiger charge is 2.17. The van der Waals surface area contributed by atoms with E-state index in [9.17, 15) is 4.79 Å². The maximum atomic E-state index is 12.7. The molecule has 2 heterocycles. The van der Waals surface area contributed by atoms with Gasteiger partial charge in [-0.2, -0.15) is 5.10 Å². The van der Waals surface area contributed by atoms with Crippen LogP contribution in [0.3, 0.4) is 0 Å². The molecule has 0 aliphatic carbocycles. The highest BCUT2D eigenvalue weighted by Crippen LogP contribution is 2.34. The summed E-state index contributed by atoms with van der Waals surface area (Å²) in [5.74, 6) is 1.17. The van der Waals surface area contributed by atoms with Crippen molar-refractivity contribution in [1.29, 1.82) is 0 Å². The van der Waals surface area contributed by atoms with Gasteiger partial charge < -0.3 is 14.8 Å². The number of carbonyl (C=O) groups excluding carboxylic acids is 1. The number of rotatable bonds is 8. The minimum Gasteiger partial charge on any atom is -0.493 e. The summed E-state index contributed by atoms with van der Waals surface area (Å²) in [5, 5.41) is 8.00. The molecule has 1 N–H and O–H groups in total. The molecule has 0 radical (unpaired) electrons. The van der Waals surface area contributed by atoms with Crippen LogP contribution in [0.1, 0.15) is 20.9 Å². The summed E-state index contributed by atoms with van der Waals surface area (Å²) >= 11 is 1.37. The predicted octanol–water partition coefficient (Wildman–Crippen LogP) is 4.29. The first-order valence-electron chi connectivity index (χ1n) is 10.2. The fourth-order valence-corrected chi connectivity index (χ4v) is 4.32. The minimum atomic E-state index is -0.111. The van der Waals surface area contributed by atoms with Crippen LogP contribution in [-0.4, -0.2) is 41.4 Å². The van der Waals surface area contributed by atoms with Gasteiger partial charge >= 0.3 is 0 Å². The zero-order chi connectivity index (χ0) is 22.5. The molecule has 164 valence electrons. The van der Waals surface area contributed by atoms with Gasteiger partial charge in [0.15, 0.2) is 11.5 Å². The smallest absolute Gasteiger partial charge is 0.263 e. The van der Waals surface area contributed by atoms with Crippen LogP contribution < -0.4 is 14.8 Å². The van der Waals surface area contributed by atoms with Crippen LogP contribution in [0.4, 0.5) is 0 Å². The number of hydrogen-bond acceptors (Lipinski definition) is 6. The zero-order valence-corrected chi connectivity index (χ0v) is 19.0. The van der Waals surface area contributed by atoms with Gasteiger partial charge in [-0.15, -0.1) is 11.3 Å². The average molecular weight is 449 g/mol. The Morgan fingerprint density at radius 1 is 1.09 bits per heavy atom. The average Bonchev–Trinajstić information content (AvgIpc) is 3.49. The summed E-state index contributed by atoms with van der Waals surface area (Å²) in [7, 11) is 3.19. The Kier molecular flexibility index (Phi) is 6.51. The molecule has 2 aromatic heterocycles. The summed E-state index contributed by atoms with van der Waals surface area (Å²) in [6.07, 6.45) is 4.40. The van der Waals surface area contributed by atoms with Crippen molar-refractivity contribution < 1.29 is 14.3 Å². The second-order valence-electron chi connectivity index (χ2n) is 7.13. The molecule has 1 amide bonds. The monoisotopic (exact) mass is 448 g/mol. The van der Waals surface area contributed by atoms with Crippen LogP contribution in [0.15, 0.2) is 60.9 Å². The number of amides is 1. The summed E-state index contributed by atoms with van der Waals surface area (Å²) in [4.78, 5) is 17.9. The van der Waals surface area contributed by atoms with Crippen molar-refractivity contribution in [3.8, 4) is 27.8 Å². The molecule has 4 rings (SSSR count). The van der Waals surface area contributed by atoms with Gasteiger partial charge in [-0.25, -0.2) is 9.67 Å². The zero-order valence-electron chi connectivity index (χ0n) is 18.2. The highest BCUT2D eigenvalue weighted by atomic mass is 32.1. The summed E-state index contributed by atoms with van der Waals surface area (Å²) in [6.45, 7) is 2.40. The van der Waals surface area contributed by atoms with Gasteiger partial charge in [-0.1, -0.05) is 12.1 Å². The molecule has 0 aliphatic rings. The Hall–Kier alpha value is -3.65. The third kappa shape index (κ3) is 4.65. The lowest BCUT2D eigenvalue weighted by atomic mass is 10.1. The first-order chi connectivity index (χ1) is 15.6. The largest absolute Gasteiger partial charge is 0.493 e. The second kappa shape index (κ2) is 9.65. The van der Waals surface area contributed by atoms with Crippen molar-refractivity contribution in [3.63, 3.8) is 0 Å². The number of aryl methyl sites for hydroxylation is 1. The number of benzene rings is 2. The Balaban J connectivity index is 1.38. The van der Waals surface area contributed by atoms with Gasteiger partial charge in [0.25, 0.3) is 5.91 Å². The highest BCUT2D eigenvalue weighted by molar-refractivity contribution is 7.17. The van der Waals surface area contributed by atoms with E-state index in [0.717, 1.165) is 28.2 Å². The SMILES string of the molecule is COc1ccc(-c2nc(C)c(C(=O)NCCc3ccc(-n4cccn4)cc3)s2)cc1OC. The van der Waals surface area contributed by atoms with Crippen LogP contribution in [0.5, 0.6) is 11.5 Å². The van der Waals surface area contributed by atoms with Crippen molar-refractivity contribution in [3.05, 3.63) is 77.1 Å². The molecule has 8 heteroatoms. The lowest BCUT2D eigenvalue weighted by molar-refractivity contribution is 0.0957. The number of nitrogens with one attached hydrogen (secondary N) is 1. The number of nitrogens with zero attached hydrogens (tertiary/aromatic N) is 3. The molecule has 0 bridgehead atoms. The lowest BCUT2D eigenvalue weighted by Crippen LogP contribution is -2.25. The standard InChI is InChI=1S/C24H24N4O3S/c1-16-22(32-24(27-16)18-7-10-20(30-2)21(15-18)31-3)23(29)25-13-11-17-5-8-19(9-6-17)28-14-4-12-26-28/h4-10,12,14-15H,11,13H2,1-3H3,(H,25,29). The fraction of sp³-hybridized carbons (Fsp3) is 0.208. The molecule has 0 saturated carbocycles. The third-order valence-corrected chi connectivity index (χ3v) is 6.24. The van der Waals surface area contributed by atoms with E-state index < -0.39 is 0 Å². The minimum absolute atomic E-state index is 0.111. The molecule has 0 aliphatic heterocycles. The summed E-state index contributed by atoms with van der Waals surface area (Å²) in [5.41, 5.74) is 3.74. The quantitative estimate of drug-likeness (QED) is 0.435. The maximum Gasteiger partial charge on any atom is 0.263 e. The number of ether oxygens (including phenoxy) is 2. The maximum absolute atomic E-state index is 12.7. The van der Waals surface area contributed by atoms with Gasteiger partial charge in [0.05, 0.1) is 25.6 Å². The Bertz CT molecular complexity index is 1200. The first-order valence-corrected chi connectivity index (χ1v) is 11.0. The normalized spacial score (nSPS) is 10.7. The number of carbonyl (C=O) groups is 1. The predicted molar refractivity (Wildman–Crippen MR) is 125 cm³/mol. The van der Waals surface area contributed by atoms with E-state index in [2.05, 4.69) is 27.5 Å². The molecule has 0 spiro atoms. The fourth-order valence-electron chi connectivity index (χ4n) is 3.34. The van der Waals surface area contributed by atoms with Crippen molar-refractivity contribution in [2.24, 2.45) is 0 Å². The van der Waals surface area contributed by atoms with E-state index in [-0.39, 0.29) is 5.91 Å². The van der Waals surface area contributed by atoms with E-state index in [4.69, 9.17) is 9.47 Å². The Morgan fingerprint density at radius 3 is 2.56 bits per heavy atom. The third-order valence-electron chi connectivity index (χ3n) is 5.04. The van der Waals surface area contributed by atoms with Gasteiger partial charge in [-0.05, 0) is 55.3 Å². The van der Waals surface area contributed by atoms with Crippen LogP contribution in [0, 0.1) is 6.92 Å². The Labute approximate surface area is 190 Å². The first kappa shape index (κ1) is 21.6. The lowest BCUT2D eigenvalue weighted by Gasteiger charge is -2.08. The molecule has 0 unspecified atom stereocenters. The number of aromatic nitrogens is 3. The van der Waals surface area contributed by atoms with E-state index in [0.29, 0.717) is 28.6 Å². The van der Waals surface area contributed by atoms with Crippen LogP contribution in [-0.2, 0) is 6.42 Å². The summed E-state index contributed by atoms with van der Waals surface area (Å²) in [6, 6.07) is 15.6. The topological polar surface area (TPSA) is 78.3 Å². The molecular weight excluding hydrogens is 424 g/mol. The van der Waals surface area contributed by atoms with Crippen molar-refractivity contribution >= 4 is 17.2 Å². The van der Waals surface area contributed by atoms with Gasteiger partial charge in [0, 0.05) is 24.5 Å². The van der Waals surface area contributed by atoms with Crippen LogP contribution in [0.2, 0.25) is 0 Å². The van der Waals surface area contributed by atoms with Gasteiger partial charge in [0.2, 0.25) is 0 Å². The molecule has 32 heavy (non-hydrogen) atoms. The van der Waals surface area contributed by atoms with E-state index in [1.54, 1.807) is 20.4 Å². The molecule has 0 atom stereocenters. The molecular formula is C24H24N4O3S. The molecule has 4 aromatic rings. The van der Waals surface area contributed by atoms with E-state index >= 15 is 0 Å². The summed E-state index contributed by atoms with van der Waals surface area (Å²) < 4.78 is 12.5. The molecule has 0 fully saturated rings. The molecule has 0 saturated heterocycles. The number of methoxy groups -OCH3 is 2.